The highest BCUT2D eigenvalue weighted by atomic mass is 16.6. The van der Waals surface area contributed by atoms with E-state index in [0.717, 1.165) is 5.69 Å². The van der Waals surface area contributed by atoms with E-state index in [1.165, 1.54) is 12.1 Å². The molecule has 304 valence electrons. The monoisotopic (exact) mass is 782 g/mol. The van der Waals surface area contributed by atoms with E-state index in [9.17, 15) is 43.5 Å². The minimum atomic E-state index is -1.22. The average Bonchev–Trinajstić information content (AvgIpc) is 3.14. The largest absolute Gasteiger partial charge is 0.480 e. The molecule has 1 atom stereocenters. The topological polar surface area (TPSA) is 278 Å². The lowest BCUT2D eigenvalue weighted by Crippen LogP contribution is -2.46. The summed E-state index contributed by atoms with van der Waals surface area (Å²) in [7, 11) is 3.87. The summed E-state index contributed by atoms with van der Waals surface area (Å²) < 4.78 is 5.06. The van der Waals surface area contributed by atoms with Crippen molar-refractivity contribution >= 4 is 64.6 Å². The number of benzene rings is 2. The zero-order valence-electron chi connectivity index (χ0n) is 32.0. The third-order valence-electron chi connectivity index (χ3n) is 7.20. The van der Waals surface area contributed by atoms with Crippen molar-refractivity contribution in [3.05, 3.63) is 54.1 Å². The second-order valence-corrected chi connectivity index (χ2v) is 13.3. The van der Waals surface area contributed by atoms with Gasteiger partial charge in [0, 0.05) is 31.9 Å². The predicted molar refractivity (Wildman–Crippen MR) is 203 cm³/mol. The van der Waals surface area contributed by atoms with E-state index in [2.05, 4.69) is 47.4 Å². The zero-order valence-corrected chi connectivity index (χ0v) is 32.0. The quantitative estimate of drug-likeness (QED) is 0.0642. The van der Waals surface area contributed by atoms with Gasteiger partial charge in [-0.1, -0.05) is 0 Å². The second kappa shape index (κ2) is 23.2. The summed E-state index contributed by atoms with van der Waals surface area (Å²) in [5, 5.41) is 34.1. The molecule has 0 aromatic heterocycles. The first-order valence-corrected chi connectivity index (χ1v) is 17.5. The molecule has 2 aromatic carbocycles. The van der Waals surface area contributed by atoms with Crippen molar-refractivity contribution in [1.82, 2.24) is 37.2 Å². The van der Waals surface area contributed by atoms with E-state index in [4.69, 9.17) is 4.74 Å². The number of anilines is 1. The van der Waals surface area contributed by atoms with Crippen molar-refractivity contribution in [3.8, 4) is 0 Å². The number of nitrogens with zero attached hydrogens (tertiary/aromatic N) is 3. The molecule has 0 aliphatic rings. The van der Waals surface area contributed by atoms with Crippen LogP contribution in [0.25, 0.3) is 0 Å². The average molecular weight is 783 g/mol. The lowest BCUT2D eigenvalue weighted by molar-refractivity contribution is -0.139. The Labute approximate surface area is 324 Å². The van der Waals surface area contributed by atoms with Gasteiger partial charge in [-0.2, -0.15) is 10.2 Å². The van der Waals surface area contributed by atoms with E-state index in [-0.39, 0.29) is 25.1 Å². The molecule has 0 radical (unpaired) electrons. The Kier molecular flexibility index (Phi) is 18.9. The van der Waals surface area contributed by atoms with Crippen LogP contribution in [0, 0.1) is 0 Å². The molecule has 0 heterocycles. The molecule has 20 heteroatoms. The number of alkyl carbamates (subject to hydrolysis) is 1. The Bertz CT molecular complexity index is 1710. The lowest BCUT2D eigenvalue weighted by atomic mass is 10.1. The number of nitrogens with one attached hydrogen (secondary N) is 7. The van der Waals surface area contributed by atoms with Crippen LogP contribution < -0.4 is 42.1 Å². The van der Waals surface area contributed by atoms with Crippen LogP contribution >= 0.6 is 0 Å². The molecule has 56 heavy (non-hydrogen) atoms. The van der Waals surface area contributed by atoms with Crippen molar-refractivity contribution in [2.24, 2.45) is 10.2 Å². The third-order valence-corrected chi connectivity index (χ3v) is 7.20. The summed E-state index contributed by atoms with van der Waals surface area (Å²) in [5.74, 6) is -4.98. The van der Waals surface area contributed by atoms with Gasteiger partial charge < -0.3 is 52.0 Å². The molecule has 0 fully saturated rings. The van der Waals surface area contributed by atoms with Gasteiger partial charge in [-0.3, -0.25) is 28.8 Å². The van der Waals surface area contributed by atoms with Gasteiger partial charge >= 0.3 is 12.1 Å². The molecule has 2 rings (SSSR count). The van der Waals surface area contributed by atoms with Crippen molar-refractivity contribution in [2.45, 2.75) is 51.7 Å². The van der Waals surface area contributed by atoms with Gasteiger partial charge in [0.2, 0.25) is 29.5 Å². The Balaban J connectivity index is 1.55. The summed E-state index contributed by atoms with van der Waals surface area (Å²) in [4.78, 5) is 97.8. The zero-order chi connectivity index (χ0) is 41.7. The van der Waals surface area contributed by atoms with Crippen molar-refractivity contribution in [2.75, 3.05) is 58.3 Å². The molecule has 0 saturated carbocycles. The smallest absolute Gasteiger partial charge is 0.408 e. The minimum absolute atomic E-state index is 0.108. The van der Waals surface area contributed by atoms with E-state index < -0.39 is 85.3 Å². The van der Waals surface area contributed by atoms with Gasteiger partial charge in [-0.05, 0) is 88.6 Å². The summed E-state index contributed by atoms with van der Waals surface area (Å²) in [6.07, 6.45) is 0.0316. The van der Waals surface area contributed by atoms with Crippen LogP contribution in [0.4, 0.5) is 21.9 Å². The van der Waals surface area contributed by atoms with E-state index in [1.807, 2.05) is 43.3 Å². The van der Waals surface area contributed by atoms with E-state index in [0.29, 0.717) is 24.2 Å². The van der Waals surface area contributed by atoms with Crippen LogP contribution in [-0.2, 0) is 33.5 Å². The maximum Gasteiger partial charge on any atom is 0.408 e. The number of carbonyl (C=O) groups is 8. The molecular formula is C36H50N10O10. The number of rotatable bonds is 21. The van der Waals surface area contributed by atoms with Crippen LogP contribution in [0.3, 0.4) is 0 Å². The number of carboxylic acids is 1. The summed E-state index contributed by atoms with van der Waals surface area (Å²) in [6, 6.07) is 12.6. The number of azo groups is 1. The van der Waals surface area contributed by atoms with Crippen molar-refractivity contribution in [3.63, 3.8) is 0 Å². The Hall–Kier alpha value is -6.60. The Morgan fingerprint density at radius 2 is 1.07 bits per heavy atom. The molecule has 0 aliphatic heterocycles. The minimum Gasteiger partial charge on any atom is -0.480 e. The standard InChI is InChI=1S/C36H50N10O10/c1-36(2,3)56-35(55)43-27(34(53)54)8-6-7-17-37-28(47)18-38-29(48)19-39-30(49)20-40-31(50)21-41-32(51)22-42-33(52)23-9-11-24(12-10-23)44-45-25-13-15-26(16-14-25)46(4)5/h9-16,27H,6-8,17-22H2,1-5H3,(H,37,47)(H,38,48)(H,39,49)(H,40,50)(H,41,51)(H,42,52)(H,43,55)(H,53,54)/t27-/m0/s1. The normalized spacial score (nSPS) is 11.4. The molecule has 0 unspecified atom stereocenters. The molecule has 7 amide bonds. The highest BCUT2D eigenvalue weighted by Crippen LogP contribution is 2.21. The molecule has 2 aromatic rings. The van der Waals surface area contributed by atoms with Crippen molar-refractivity contribution < 1.29 is 48.2 Å². The highest BCUT2D eigenvalue weighted by molar-refractivity contribution is 5.97. The van der Waals surface area contributed by atoms with Crippen LogP contribution in [0.5, 0.6) is 0 Å². The SMILES string of the molecule is CN(C)c1ccc(N=Nc2ccc(C(=O)NCC(=O)NCC(=O)NCC(=O)NCC(=O)NCC(=O)NCCCC[C@H](NC(=O)OC(C)(C)C)C(=O)O)cc2)cc1. The van der Waals surface area contributed by atoms with Crippen LogP contribution in [0.2, 0.25) is 0 Å². The number of carboxylic acid groups (broad SMARTS) is 1. The number of hydrogen-bond acceptors (Lipinski definition) is 12. The molecule has 0 spiro atoms. The number of hydrogen-bond donors (Lipinski definition) is 8. The molecule has 8 N–H and O–H groups in total. The molecule has 20 nitrogen and oxygen atoms in total. The number of carbonyl (C=O) groups excluding carboxylic acids is 7. The maximum atomic E-state index is 12.4. The number of aliphatic carboxylic acids is 1. The number of unbranched alkanes of at least 4 members (excludes halogenated alkanes) is 1. The summed E-state index contributed by atoms with van der Waals surface area (Å²) >= 11 is 0. The van der Waals surface area contributed by atoms with E-state index in [1.54, 1.807) is 32.9 Å². The van der Waals surface area contributed by atoms with Crippen LogP contribution in [0.1, 0.15) is 50.4 Å². The van der Waals surface area contributed by atoms with Crippen LogP contribution in [0.15, 0.2) is 58.8 Å². The fourth-order valence-electron chi connectivity index (χ4n) is 4.31. The highest BCUT2D eigenvalue weighted by Gasteiger charge is 2.23. The molecule has 0 aliphatic carbocycles. The van der Waals surface area contributed by atoms with Gasteiger partial charge in [0.1, 0.15) is 11.6 Å². The molecule has 0 saturated heterocycles. The van der Waals surface area contributed by atoms with Crippen molar-refractivity contribution in [1.29, 1.82) is 0 Å². The Morgan fingerprint density at radius 3 is 1.50 bits per heavy atom. The Morgan fingerprint density at radius 1 is 0.643 bits per heavy atom. The third kappa shape index (κ3) is 19.5. The van der Waals surface area contributed by atoms with Gasteiger partial charge in [-0.25, -0.2) is 9.59 Å². The van der Waals surface area contributed by atoms with E-state index >= 15 is 0 Å². The van der Waals surface area contributed by atoms with Crippen LogP contribution in [-0.4, -0.2) is 118 Å². The first-order chi connectivity index (χ1) is 26.4. The van der Waals surface area contributed by atoms with Gasteiger partial charge in [-0.15, -0.1) is 0 Å². The fourth-order valence-corrected chi connectivity index (χ4v) is 4.31. The summed E-state index contributed by atoms with van der Waals surface area (Å²) in [5.41, 5.74) is 1.71. The predicted octanol–water partition coefficient (Wildman–Crippen LogP) is 0.627. The number of amides is 7. The second-order valence-electron chi connectivity index (χ2n) is 13.3. The van der Waals surface area contributed by atoms with Gasteiger partial charge in [0.25, 0.3) is 5.91 Å². The lowest BCUT2D eigenvalue weighted by Gasteiger charge is -2.22. The molecular weight excluding hydrogens is 732 g/mol. The molecule has 0 bridgehead atoms. The first kappa shape index (κ1) is 45.6. The first-order valence-electron chi connectivity index (χ1n) is 17.5. The maximum absolute atomic E-state index is 12.4. The fraction of sp³-hybridized carbons (Fsp3) is 0.444. The number of ether oxygens (including phenoxy) is 1. The van der Waals surface area contributed by atoms with Gasteiger partial charge in [0.05, 0.1) is 44.1 Å². The van der Waals surface area contributed by atoms with Gasteiger partial charge in [0.15, 0.2) is 0 Å². The summed E-state index contributed by atoms with van der Waals surface area (Å²) in [6.45, 7) is 2.91.